The lowest BCUT2D eigenvalue weighted by atomic mass is 9.84. The predicted octanol–water partition coefficient (Wildman–Crippen LogP) is 3.72. The van der Waals surface area contributed by atoms with Crippen LogP contribution in [0.2, 0.25) is 0 Å². The van der Waals surface area contributed by atoms with Crippen LogP contribution in [-0.4, -0.2) is 19.0 Å². The molecule has 0 bridgehead atoms. The minimum Gasteiger partial charge on any atom is -0.355 e. The zero-order chi connectivity index (χ0) is 15.7. The molecule has 0 atom stereocenters. The van der Waals surface area contributed by atoms with Crippen LogP contribution >= 0.6 is 12.4 Å². The van der Waals surface area contributed by atoms with E-state index >= 15 is 0 Å². The lowest BCUT2D eigenvalue weighted by molar-refractivity contribution is -0.121. The van der Waals surface area contributed by atoms with Gasteiger partial charge >= 0.3 is 0 Å². The number of hydrogen-bond donors (Lipinski definition) is 2. The number of benzene rings is 1. The Kier molecular flexibility index (Phi) is 10.1. The molecule has 0 radical (unpaired) electrons. The Labute approximate surface area is 141 Å². The SMILES string of the molecule is Cc1ccc(C(C)(C)CNC(=O)CCCCCCN)cc1.Cl. The number of unbranched alkanes of at least 4 members (excludes halogenated alkanes) is 3. The molecule has 1 amide bonds. The molecule has 0 heterocycles. The largest absolute Gasteiger partial charge is 0.355 e. The van der Waals surface area contributed by atoms with Gasteiger partial charge in [0, 0.05) is 18.4 Å². The molecule has 3 nitrogen and oxygen atoms in total. The summed E-state index contributed by atoms with van der Waals surface area (Å²) in [5.74, 6) is 0.155. The topological polar surface area (TPSA) is 55.1 Å². The fourth-order valence-electron chi connectivity index (χ4n) is 2.30. The second kappa shape index (κ2) is 10.6. The van der Waals surface area contributed by atoms with Gasteiger partial charge < -0.3 is 11.1 Å². The van der Waals surface area contributed by atoms with E-state index in [4.69, 9.17) is 5.73 Å². The van der Waals surface area contributed by atoms with Gasteiger partial charge in [0.15, 0.2) is 0 Å². The molecule has 126 valence electrons. The molecule has 4 heteroatoms. The lowest BCUT2D eigenvalue weighted by Crippen LogP contribution is -2.36. The average molecular weight is 327 g/mol. The van der Waals surface area contributed by atoms with Crippen molar-refractivity contribution in [1.82, 2.24) is 5.32 Å². The summed E-state index contributed by atoms with van der Waals surface area (Å²) in [5.41, 5.74) is 7.93. The number of carbonyl (C=O) groups is 1. The van der Waals surface area contributed by atoms with E-state index in [1.807, 2.05) is 0 Å². The lowest BCUT2D eigenvalue weighted by Gasteiger charge is -2.26. The summed E-state index contributed by atoms with van der Waals surface area (Å²) in [4.78, 5) is 11.9. The van der Waals surface area contributed by atoms with Gasteiger partial charge in [-0.1, -0.05) is 56.5 Å². The van der Waals surface area contributed by atoms with E-state index in [2.05, 4.69) is 50.4 Å². The maximum atomic E-state index is 11.9. The van der Waals surface area contributed by atoms with Crippen molar-refractivity contribution in [2.24, 2.45) is 5.73 Å². The van der Waals surface area contributed by atoms with Gasteiger partial charge in [-0.05, 0) is 31.9 Å². The van der Waals surface area contributed by atoms with Crippen LogP contribution in [0.3, 0.4) is 0 Å². The first-order chi connectivity index (χ1) is 9.95. The number of rotatable bonds is 9. The molecule has 22 heavy (non-hydrogen) atoms. The molecule has 0 unspecified atom stereocenters. The minimum absolute atomic E-state index is 0. The number of carbonyl (C=O) groups excluding carboxylic acids is 1. The summed E-state index contributed by atoms with van der Waals surface area (Å²) in [7, 11) is 0. The van der Waals surface area contributed by atoms with Crippen LogP contribution < -0.4 is 11.1 Å². The highest BCUT2D eigenvalue weighted by Gasteiger charge is 2.21. The van der Waals surface area contributed by atoms with Crippen molar-refractivity contribution >= 4 is 18.3 Å². The van der Waals surface area contributed by atoms with Gasteiger partial charge in [-0.25, -0.2) is 0 Å². The standard InChI is InChI=1S/C18H30N2O.ClH/c1-15-9-11-16(12-10-15)18(2,3)14-20-17(21)8-6-4-5-7-13-19;/h9-12H,4-8,13-14,19H2,1-3H3,(H,20,21);1H. The van der Waals surface area contributed by atoms with Crippen molar-refractivity contribution < 1.29 is 4.79 Å². The molecular weight excluding hydrogens is 296 g/mol. The summed E-state index contributed by atoms with van der Waals surface area (Å²) in [6.45, 7) is 7.84. The monoisotopic (exact) mass is 326 g/mol. The van der Waals surface area contributed by atoms with Gasteiger partial charge in [0.1, 0.15) is 0 Å². The van der Waals surface area contributed by atoms with Gasteiger partial charge in [-0.15, -0.1) is 12.4 Å². The third-order valence-electron chi connectivity index (χ3n) is 3.92. The molecule has 3 N–H and O–H groups in total. The van der Waals surface area contributed by atoms with Crippen molar-refractivity contribution in [2.45, 2.75) is 58.3 Å². The van der Waals surface area contributed by atoms with Crippen LogP contribution in [0.25, 0.3) is 0 Å². The van der Waals surface area contributed by atoms with E-state index in [1.54, 1.807) is 0 Å². The fraction of sp³-hybridized carbons (Fsp3) is 0.611. The number of hydrogen-bond acceptors (Lipinski definition) is 2. The quantitative estimate of drug-likeness (QED) is 0.679. The van der Waals surface area contributed by atoms with Gasteiger partial charge in [0.2, 0.25) is 5.91 Å². The van der Waals surface area contributed by atoms with E-state index in [0.717, 1.165) is 32.2 Å². The summed E-state index contributed by atoms with van der Waals surface area (Å²) in [5, 5.41) is 3.06. The maximum Gasteiger partial charge on any atom is 0.220 e. The predicted molar refractivity (Wildman–Crippen MR) is 96.6 cm³/mol. The summed E-state index contributed by atoms with van der Waals surface area (Å²) < 4.78 is 0. The molecular formula is C18H31ClN2O. The molecule has 1 aromatic carbocycles. The van der Waals surface area contributed by atoms with E-state index in [0.29, 0.717) is 13.0 Å². The van der Waals surface area contributed by atoms with E-state index in [-0.39, 0.29) is 23.7 Å². The Morgan fingerprint density at radius 3 is 2.27 bits per heavy atom. The molecule has 0 aliphatic heterocycles. The molecule has 0 saturated carbocycles. The van der Waals surface area contributed by atoms with Crippen molar-refractivity contribution in [1.29, 1.82) is 0 Å². The van der Waals surface area contributed by atoms with E-state index < -0.39 is 0 Å². The van der Waals surface area contributed by atoms with Crippen LogP contribution in [0.5, 0.6) is 0 Å². The second-order valence-corrected chi connectivity index (χ2v) is 6.48. The number of nitrogens with one attached hydrogen (secondary N) is 1. The third kappa shape index (κ3) is 7.81. The Bertz CT molecular complexity index is 429. The molecule has 1 aromatic rings. The molecule has 0 aliphatic rings. The second-order valence-electron chi connectivity index (χ2n) is 6.48. The van der Waals surface area contributed by atoms with Gasteiger partial charge in [0.05, 0.1) is 0 Å². The van der Waals surface area contributed by atoms with Crippen LogP contribution in [-0.2, 0) is 10.2 Å². The van der Waals surface area contributed by atoms with Crippen molar-refractivity contribution in [2.75, 3.05) is 13.1 Å². The van der Waals surface area contributed by atoms with E-state index in [9.17, 15) is 4.79 Å². The van der Waals surface area contributed by atoms with Crippen molar-refractivity contribution in [3.8, 4) is 0 Å². The molecule has 0 aliphatic carbocycles. The van der Waals surface area contributed by atoms with Crippen molar-refractivity contribution in [3.63, 3.8) is 0 Å². The molecule has 0 saturated heterocycles. The number of amides is 1. The van der Waals surface area contributed by atoms with E-state index in [1.165, 1.54) is 11.1 Å². The number of nitrogens with two attached hydrogens (primary N) is 1. The summed E-state index contributed by atoms with van der Waals surface area (Å²) >= 11 is 0. The first-order valence-electron chi connectivity index (χ1n) is 7.99. The average Bonchev–Trinajstić information content (AvgIpc) is 2.45. The highest BCUT2D eigenvalue weighted by molar-refractivity contribution is 5.85. The molecule has 1 rings (SSSR count). The van der Waals surface area contributed by atoms with Crippen LogP contribution in [0.1, 0.15) is 57.1 Å². The smallest absolute Gasteiger partial charge is 0.220 e. The Morgan fingerprint density at radius 1 is 1.09 bits per heavy atom. The first-order valence-corrected chi connectivity index (χ1v) is 7.99. The van der Waals surface area contributed by atoms with Crippen LogP contribution in [0, 0.1) is 6.92 Å². The maximum absolute atomic E-state index is 11.9. The Morgan fingerprint density at radius 2 is 1.68 bits per heavy atom. The fourth-order valence-corrected chi connectivity index (χ4v) is 2.30. The Balaban J connectivity index is 0.00000441. The van der Waals surface area contributed by atoms with Crippen molar-refractivity contribution in [3.05, 3.63) is 35.4 Å². The van der Waals surface area contributed by atoms with Gasteiger partial charge in [0.25, 0.3) is 0 Å². The Hall–Kier alpha value is -1.06. The third-order valence-corrected chi connectivity index (χ3v) is 3.92. The zero-order valence-corrected chi connectivity index (χ0v) is 15.0. The highest BCUT2D eigenvalue weighted by atomic mass is 35.5. The molecule has 0 aromatic heterocycles. The number of aryl methyl sites for hydroxylation is 1. The van der Waals surface area contributed by atoms with Gasteiger partial charge in [-0.2, -0.15) is 0 Å². The molecule has 0 fully saturated rings. The highest BCUT2D eigenvalue weighted by Crippen LogP contribution is 2.22. The number of halogens is 1. The molecule has 0 spiro atoms. The zero-order valence-electron chi connectivity index (χ0n) is 14.2. The van der Waals surface area contributed by atoms with Gasteiger partial charge in [-0.3, -0.25) is 4.79 Å². The summed E-state index contributed by atoms with van der Waals surface area (Å²) in [6, 6.07) is 8.54. The normalized spacial score (nSPS) is 10.9. The minimum atomic E-state index is -0.0388. The summed E-state index contributed by atoms with van der Waals surface area (Å²) in [6.07, 6.45) is 4.85. The van der Waals surface area contributed by atoms with Crippen LogP contribution in [0.15, 0.2) is 24.3 Å². The first kappa shape index (κ1) is 20.9. The van der Waals surface area contributed by atoms with Crippen LogP contribution in [0.4, 0.5) is 0 Å².